The van der Waals surface area contributed by atoms with Gasteiger partial charge >= 0.3 is 0 Å². The van der Waals surface area contributed by atoms with Crippen molar-refractivity contribution in [2.24, 2.45) is 0 Å². The van der Waals surface area contributed by atoms with E-state index in [2.05, 4.69) is 52.0 Å². The van der Waals surface area contributed by atoms with Crippen LogP contribution in [-0.4, -0.2) is 7.11 Å². The molecule has 0 aliphatic heterocycles. The molecule has 1 aromatic rings. The zero-order valence-corrected chi connectivity index (χ0v) is 11.2. The van der Waals surface area contributed by atoms with E-state index in [4.69, 9.17) is 4.74 Å². The number of rotatable bonds is 2. The summed E-state index contributed by atoms with van der Waals surface area (Å²) in [6.07, 6.45) is 0. The van der Waals surface area contributed by atoms with E-state index in [-0.39, 0.29) is 5.41 Å². The number of methoxy groups -OCH3 is 1. The average molecular weight is 218 g/mol. The van der Waals surface area contributed by atoms with Crippen LogP contribution in [0.1, 0.15) is 45.7 Å². The van der Waals surface area contributed by atoms with Crippen LogP contribution in [0, 0.1) is 0 Å². The SMILES string of the molecule is COC(C)=C(C)c1cccc(C(C)(C)C)c1. The fraction of sp³-hybridized carbons (Fsp3) is 0.467. The Hall–Kier alpha value is -1.24. The molecular formula is C15H22O. The molecule has 0 aliphatic rings. The zero-order valence-electron chi connectivity index (χ0n) is 11.2. The molecule has 0 N–H and O–H groups in total. The summed E-state index contributed by atoms with van der Waals surface area (Å²) in [6, 6.07) is 8.67. The van der Waals surface area contributed by atoms with Gasteiger partial charge in [0.2, 0.25) is 0 Å². The molecular weight excluding hydrogens is 196 g/mol. The number of allylic oxidation sites excluding steroid dienone is 2. The van der Waals surface area contributed by atoms with Crippen molar-refractivity contribution < 1.29 is 4.74 Å². The molecule has 88 valence electrons. The summed E-state index contributed by atoms with van der Waals surface area (Å²) in [5.41, 5.74) is 3.99. The highest BCUT2D eigenvalue weighted by Gasteiger charge is 2.14. The van der Waals surface area contributed by atoms with Crippen LogP contribution in [0.3, 0.4) is 0 Å². The van der Waals surface area contributed by atoms with Crippen LogP contribution in [0.5, 0.6) is 0 Å². The lowest BCUT2D eigenvalue weighted by Gasteiger charge is -2.20. The van der Waals surface area contributed by atoms with Crippen molar-refractivity contribution in [2.75, 3.05) is 7.11 Å². The standard InChI is InChI=1S/C15H22O/c1-11(12(2)16-6)13-8-7-9-14(10-13)15(3,4)5/h7-10H,1-6H3. The molecule has 16 heavy (non-hydrogen) atoms. The summed E-state index contributed by atoms with van der Waals surface area (Å²) >= 11 is 0. The molecule has 1 aromatic carbocycles. The molecule has 0 saturated carbocycles. The van der Waals surface area contributed by atoms with Gasteiger partial charge in [0, 0.05) is 0 Å². The lowest BCUT2D eigenvalue weighted by Crippen LogP contribution is -2.11. The average Bonchev–Trinajstić information content (AvgIpc) is 2.26. The molecule has 0 spiro atoms. The molecule has 1 rings (SSSR count). The van der Waals surface area contributed by atoms with E-state index in [9.17, 15) is 0 Å². The Labute approximate surface area is 99.1 Å². The van der Waals surface area contributed by atoms with E-state index in [1.165, 1.54) is 16.7 Å². The topological polar surface area (TPSA) is 9.23 Å². The number of hydrogen-bond donors (Lipinski definition) is 0. The molecule has 0 heterocycles. The van der Waals surface area contributed by atoms with Gasteiger partial charge in [-0.25, -0.2) is 0 Å². The maximum absolute atomic E-state index is 5.27. The molecule has 0 radical (unpaired) electrons. The van der Waals surface area contributed by atoms with Gasteiger partial charge in [0.15, 0.2) is 0 Å². The van der Waals surface area contributed by atoms with E-state index >= 15 is 0 Å². The van der Waals surface area contributed by atoms with Crippen molar-refractivity contribution in [3.05, 3.63) is 41.2 Å². The second-order valence-corrected chi connectivity index (χ2v) is 5.22. The van der Waals surface area contributed by atoms with Crippen LogP contribution in [0.2, 0.25) is 0 Å². The first-order valence-corrected chi connectivity index (χ1v) is 5.68. The number of ether oxygens (including phenoxy) is 1. The smallest absolute Gasteiger partial charge is 0.0959 e. The first kappa shape index (κ1) is 12.8. The van der Waals surface area contributed by atoms with E-state index in [1.807, 2.05) is 6.92 Å². The highest BCUT2D eigenvalue weighted by atomic mass is 16.5. The van der Waals surface area contributed by atoms with Gasteiger partial charge in [0.05, 0.1) is 12.9 Å². The maximum atomic E-state index is 5.27. The number of benzene rings is 1. The quantitative estimate of drug-likeness (QED) is 0.669. The monoisotopic (exact) mass is 218 g/mol. The van der Waals surface area contributed by atoms with Gasteiger partial charge < -0.3 is 4.74 Å². The van der Waals surface area contributed by atoms with Gasteiger partial charge in [-0.15, -0.1) is 0 Å². The molecule has 1 heteroatoms. The van der Waals surface area contributed by atoms with Gasteiger partial charge in [0.25, 0.3) is 0 Å². The Morgan fingerprint density at radius 1 is 1.12 bits per heavy atom. The molecule has 0 aliphatic carbocycles. The summed E-state index contributed by atoms with van der Waals surface area (Å²) in [4.78, 5) is 0. The summed E-state index contributed by atoms with van der Waals surface area (Å²) in [7, 11) is 1.71. The molecule has 0 unspecified atom stereocenters. The van der Waals surface area contributed by atoms with Crippen LogP contribution in [0.25, 0.3) is 5.57 Å². The Kier molecular flexibility index (Phi) is 3.79. The Morgan fingerprint density at radius 2 is 1.75 bits per heavy atom. The third kappa shape index (κ3) is 2.88. The zero-order chi connectivity index (χ0) is 12.3. The summed E-state index contributed by atoms with van der Waals surface area (Å²) < 4.78 is 5.27. The second-order valence-electron chi connectivity index (χ2n) is 5.22. The van der Waals surface area contributed by atoms with Crippen molar-refractivity contribution in [1.29, 1.82) is 0 Å². The molecule has 0 amide bonds. The first-order valence-electron chi connectivity index (χ1n) is 5.68. The summed E-state index contributed by atoms with van der Waals surface area (Å²) in [5, 5.41) is 0. The molecule has 0 saturated heterocycles. The molecule has 0 bridgehead atoms. The third-order valence-electron chi connectivity index (χ3n) is 3.00. The molecule has 0 aromatic heterocycles. The minimum absolute atomic E-state index is 0.192. The van der Waals surface area contributed by atoms with Crippen LogP contribution in [-0.2, 0) is 10.2 Å². The predicted octanol–water partition coefficient (Wildman–Crippen LogP) is 4.38. The fourth-order valence-electron chi connectivity index (χ4n) is 1.58. The van der Waals surface area contributed by atoms with Gasteiger partial charge in [-0.1, -0.05) is 45.0 Å². The van der Waals surface area contributed by atoms with Crippen molar-refractivity contribution in [3.63, 3.8) is 0 Å². The van der Waals surface area contributed by atoms with Gasteiger partial charge in [-0.3, -0.25) is 0 Å². The second kappa shape index (κ2) is 4.73. The van der Waals surface area contributed by atoms with E-state index in [0.29, 0.717) is 0 Å². The van der Waals surface area contributed by atoms with E-state index in [1.54, 1.807) is 7.11 Å². The lowest BCUT2D eigenvalue weighted by molar-refractivity contribution is 0.295. The van der Waals surface area contributed by atoms with Crippen molar-refractivity contribution in [2.45, 2.75) is 40.0 Å². The first-order chi connectivity index (χ1) is 7.36. The lowest BCUT2D eigenvalue weighted by atomic mass is 9.85. The van der Waals surface area contributed by atoms with Crippen molar-refractivity contribution in [3.8, 4) is 0 Å². The summed E-state index contributed by atoms with van der Waals surface area (Å²) in [6.45, 7) is 10.8. The third-order valence-corrected chi connectivity index (χ3v) is 3.00. The number of hydrogen-bond acceptors (Lipinski definition) is 1. The maximum Gasteiger partial charge on any atom is 0.0959 e. The highest BCUT2D eigenvalue weighted by Crippen LogP contribution is 2.26. The largest absolute Gasteiger partial charge is 0.501 e. The molecule has 0 fully saturated rings. The van der Waals surface area contributed by atoms with Crippen LogP contribution in [0.4, 0.5) is 0 Å². The van der Waals surface area contributed by atoms with E-state index in [0.717, 1.165) is 5.76 Å². The predicted molar refractivity (Wildman–Crippen MR) is 70.4 cm³/mol. The molecule has 0 atom stereocenters. The van der Waals surface area contributed by atoms with Gasteiger partial charge in [-0.05, 0) is 36.0 Å². The molecule has 1 nitrogen and oxygen atoms in total. The van der Waals surface area contributed by atoms with Crippen molar-refractivity contribution >= 4 is 5.57 Å². The van der Waals surface area contributed by atoms with Crippen LogP contribution >= 0.6 is 0 Å². The van der Waals surface area contributed by atoms with Crippen molar-refractivity contribution in [1.82, 2.24) is 0 Å². The Balaban J connectivity index is 3.19. The Morgan fingerprint density at radius 3 is 2.25 bits per heavy atom. The fourth-order valence-corrected chi connectivity index (χ4v) is 1.58. The van der Waals surface area contributed by atoms with E-state index < -0.39 is 0 Å². The van der Waals surface area contributed by atoms with Gasteiger partial charge in [-0.2, -0.15) is 0 Å². The van der Waals surface area contributed by atoms with Gasteiger partial charge in [0.1, 0.15) is 0 Å². The normalized spacial score (nSPS) is 13.4. The minimum atomic E-state index is 0.192. The summed E-state index contributed by atoms with van der Waals surface area (Å²) in [5.74, 6) is 0.978. The van der Waals surface area contributed by atoms with Crippen LogP contribution in [0.15, 0.2) is 30.0 Å². The Bertz CT molecular complexity index is 394. The minimum Gasteiger partial charge on any atom is -0.501 e. The highest BCUT2D eigenvalue weighted by molar-refractivity contribution is 5.66. The van der Waals surface area contributed by atoms with Crippen LogP contribution < -0.4 is 0 Å².